The Morgan fingerprint density at radius 1 is 1.06 bits per heavy atom. The third-order valence-corrected chi connectivity index (χ3v) is 5.39. The van der Waals surface area contributed by atoms with Crippen LogP contribution in [0.25, 0.3) is 5.69 Å². The lowest BCUT2D eigenvalue weighted by atomic mass is 10.2. The van der Waals surface area contributed by atoms with Gasteiger partial charge >= 0.3 is 5.97 Å². The number of benzene rings is 2. The zero-order valence-electron chi connectivity index (χ0n) is 19.0. The van der Waals surface area contributed by atoms with Crippen molar-refractivity contribution >= 4 is 17.6 Å². The van der Waals surface area contributed by atoms with Crippen molar-refractivity contribution in [3.05, 3.63) is 94.2 Å². The number of carbonyl (C=O) groups excluding carboxylic acids is 2. The summed E-state index contributed by atoms with van der Waals surface area (Å²) >= 11 is 0. The maximum Gasteiger partial charge on any atom is 0.361 e. The van der Waals surface area contributed by atoms with Gasteiger partial charge in [-0.3, -0.25) is 14.3 Å². The lowest BCUT2D eigenvalue weighted by molar-refractivity contribution is -0.123. The summed E-state index contributed by atoms with van der Waals surface area (Å²) in [6.07, 6.45) is 0.302. The van der Waals surface area contributed by atoms with E-state index in [1.165, 1.54) is 22.5 Å². The van der Waals surface area contributed by atoms with Crippen molar-refractivity contribution in [1.29, 1.82) is 0 Å². The van der Waals surface area contributed by atoms with E-state index in [0.29, 0.717) is 17.9 Å². The Hall–Kier alpha value is -4.47. The molecular formula is C24H24N6O4. The second-order valence-electron chi connectivity index (χ2n) is 7.76. The molecule has 0 radical (unpaired) electrons. The molecule has 4 aromatic rings. The zero-order valence-corrected chi connectivity index (χ0v) is 19.0. The van der Waals surface area contributed by atoms with E-state index in [9.17, 15) is 14.4 Å². The van der Waals surface area contributed by atoms with E-state index in [1.54, 1.807) is 30.8 Å². The predicted molar refractivity (Wildman–Crippen MR) is 125 cm³/mol. The van der Waals surface area contributed by atoms with Gasteiger partial charge in [0.1, 0.15) is 5.69 Å². The fraction of sp³-hybridized carbons (Fsp3) is 0.208. The number of para-hydroxylation sites is 1. The third kappa shape index (κ3) is 4.65. The number of rotatable bonds is 7. The first-order chi connectivity index (χ1) is 16.3. The van der Waals surface area contributed by atoms with Crippen molar-refractivity contribution < 1.29 is 14.3 Å². The van der Waals surface area contributed by atoms with Crippen LogP contribution in [0, 0.1) is 6.92 Å². The number of carbonyl (C=O) groups is 2. The highest BCUT2D eigenvalue weighted by Gasteiger charge is 2.24. The highest BCUT2D eigenvalue weighted by molar-refractivity contribution is 5.97. The second-order valence-corrected chi connectivity index (χ2v) is 7.76. The first kappa shape index (κ1) is 22.7. The molecule has 2 aromatic heterocycles. The molecule has 0 saturated heterocycles. The third-order valence-electron chi connectivity index (χ3n) is 5.39. The van der Waals surface area contributed by atoms with E-state index in [0.717, 1.165) is 5.56 Å². The molecule has 10 heteroatoms. The molecule has 0 aliphatic rings. The van der Waals surface area contributed by atoms with Crippen molar-refractivity contribution in [3.63, 3.8) is 0 Å². The molecule has 34 heavy (non-hydrogen) atoms. The summed E-state index contributed by atoms with van der Waals surface area (Å²) in [7, 11) is 1.72. The van der Waals surface area contributed by atoms with Crippen LogP contribution < -0.4 is 10.9 Å². The summed E-state index contributed by atoms with van der Waals surface area (Å²) in [5, 5.41) is 10.4. The number of nitrogens with zero attached hydrogens (tertiary/aromatic N) is 5. The number of amides is 1. The molecule has 1 amide bonds. The van der Waals surface area contributed by atoms with Gasteiger partial charge in [-0.15, -0.1) is 5.10 Å². The Bertz CT molecular complexity index is 1370. The van der Waals surface area contributed by atoms with Gasteiger partial charge in [0.15, 0.2) is 11.8 Å². The predicted octanol–water partition coefficient (Wildman–Crippen LogP) is 2.31. The number of nitrogens with one attached hydrogen (secondary N) is 1. The van der Waals surface area contributed by atoms with Gasteiger partial charge in [-0.2, -0.15) is 0 Å². The zero-order chi connectivity index (χ0) is 24.2. The first-order valence-corrected chi connectivity index (χ1v) is 10.6. The van der Waals surface area contributed by atoms with Gasteiger partial charge in [0, 0.05) is 7.05 Å². The molecule has 0 fully saturated rings. The molecule has 0 aliphatic carbocycles. The molecule has 4 rings (SSSR count). The molecule has 1 atom stereocenters. The van der Waals surface area contributed by atoms with Crippen molar-refractivity contribution in [3.8, 4) is 5.69 Å². The van der Waals surface area contributed by atoms with Crippen LogP contribution >= 0.6 is 0 Å². The standard InChI is InChI=1S/C24H24N6O4/c1-16-21(23(32)30(28(16)3)19-12-8-5-9-13-19)25-22(31)17(2)34-24(33)20-15-29(27-26-20)14-18-10-6-4-7-11-18/h4-13,15,17H,14H2,1-3H3,(H,25,31). The number of anilines is 1. The minimum Gasteiger partial charge on any atom is -0.448 e. The van der Waals surface area contributed by atoms with Crippen LogP contribution in [-0.2, 0) is 23.1 Å². The SMILES string of the molecule is Cc1c(NC(=O)C(C)OC(=O)c2cn(Cc3ccccc3)nn2)c(=O)n(-c2ccccc2)n1C. The van der Waals surface area contributed by atoms with Crippen molar-refractivity contribution in [1.82, 2.24) is 24.4 Å². The maximum atomic E-state index is 13.0. The molecule has 0 spiro atoms. The highest BCUT2D eigenvalue weighted by atomic mass is 16.5. The molecule has 10 nitrogen and oxygen atoms in total. The minimum atomic E-state index is -1.16. The molecule has 0 aliphatic heterocycles. The van der Waals surface area contributed by atoms with Gasteiger partial charge in [-0.05, 0) is 31.5 Å². The Morgan fingerprint density at radius 3 is 2.38 bits per heavy atom. The van der Waals surface area contributed by atoms with Gasteiger partial charge < -0.3 is 10.1 Å². The molecular weight excluding hydrogens is 436 g/mol. The number of esters is 1. The quantitative estimate of drug-likeness (QED) is 0.424. The number of aromatic nitrogens is 5. The van der Waals surface area contributed by atoms with Crippen LogP contribution in [-0.4, -0.2) is 42.3 Å². The smallest absolute Gasteiger partial charge is 0.361 e. The summed E-state index contributed by atoms with van der Waals surface area (Å²) in [6, 6.07) is 18.7. The number of hydrogen-bond acceptors (Lipinski definition) is 6. The molecule has 2 aromatic carbocycles. The van der Waals surface area contributed by atoms with E-state index in [4.69, 9.17) is 4.74 Å². The second kappa shape index (κ2) is 9.57. The van der Waals surface area contributed by atoms with Crippen LogP contribution in [0.4, 0.5) is 5.69 Å². The van der Waals surface area contributed by atoms with Crippen LogP contribution in [0.2, 0.25) is 0 Å². The molecule has 1 unspecified atom stereocenters. The summed E-state index contributed by atoms with van der Waals surface area (Å²) in [5.41, 5.74) is 1.94. The fourth-order valence-electron chi connectivity index (χ4n) is 3.45. The van der Waals surface area contributed by atoms with Crippen LogP contribution in [0.3, 0.4) is 0 Å². The lowest BCUT2D eigenvalue weighted by Gasteiger charge is -2.12. The molecule has 0 bridgehead atoms. The molecule has 2 heterocycles. The van der Waals surface area contributed by atoms with Gasteiger partial charge in [0.05, 0.1) is 24.1 Å². The number of hydrogen-bond donors (Lipinski definition) is 1. The Balaban J connectivity index is 1.43. The van der Waals surface area contributed by atoms with E-state index in [2.05, 4.69) is 15.6 Å². The number of ether oxygens (including phenoxy) is 1. The summed E-state index contributed by atoms with van der Waals surface area (Å²) in [5.74, 6) is -1.41. The normalized spacial score (nSPS) is 11.7. The van der Waals surface area contributed by atoms with Crippen molar-refractivity contribution in [2.45, 2.75) is 26.5 Å². The summed E-state index contributed by atoms with van der Waals surface area (Å²) in [6.45, 7) is 3.59. The molecule has 174 valence electrons. The van der Waals surface area contributed by atoms with Crippen LogP contribution in [0.1, 0.15) is 28.7 Å². The van der Waals surface area contributed by atoms with Gasteiger partial charge in [-0.1, -0.05) is 53.7 Å². The molecule has 1 N–H and O–H groups in total. The van der Waals surface area contributed by atoms with E-state index >= 15 is 0 Å². The van der Waals surface area contributed by atoms with E-state index in [-0.39, 0.29) is 16.9 Å². The van der Waals surface area contributed by atoms with Crippen LogP contribution in [0.15, 0.2) is 71.7 Å². The van der Waals surface area contributed by atoms with Crippen molar-refractivity contribution in [2.24, 2.45) is 7.05 Å². The fourth-order valence-corrected chi connectivity index (χ4v) is 3.45. The van der Waals surface area contributed by atoms with Gasteiger partial charge in [0.2, 0.25) is 0 Å². The van der Waals surface area contributed by atoms with Gasteiger partial charge in [-0.25, -0.2) is 14.2 Å². The average molecular weight is 460 g/mol. The van der Waals surface area contributed by atoms with Crippen molar-refractivity contribution in [2.75, 3.05) is 5.32 Å². The van der Waals surface area contributed by atoms with E-state index < -0.39 is 18.0 Å². The topological polar surface area (TPSA) is 113 Å². The Kier molecular flexibility index (Phi) is 6.39. The average Bonchev–Trinajstić information content (AvgIpc) is 3.39. The molecule has 0 saturated carbocycles. The van der Waals surface area contributed by atoms with E-state index in [1.807, 2.05) is 48.5 Å². The lowest BCUT2D eigenvalue weighted by Crippen LogP contribution is -2.32. The minimum absolute atomic E-state index is 0.0158. The maximum absolute atomic E-state index is 13.0. The largest absolute Gasteiger partial charge is 0.448 e. The Morgan fingerprint density at radius 2 is 1.71 bits per heavy atom. The highest BCUT2D eigenvalue weighted by Crippen LogP contribution is 2.15. The summed E-state index contributed by atoms with van der Waals surface area (Å²) < 4.78 is 9.86. The summed E-state index contributed by atoms with van der Waals surface area (Å²) in [4.78, 5) is 38.1. The van der Waals surface area contributed by atoms with Crippen LogP contribution in [0.5, 0.6) is 0 Å². The Labute approximate surface area is 195 Å². The first-order valence-electron chi connectivity index (χ1n) is 10.6. The van der Waals surface area contributed by atoms with Gasteiger partial charge in [0.25, 0.3) is 11.5 Å². The monoisotopic (exact) mass is 460 g/mol.